The molecule has 139 heavy (non-hydrogen) atoms. The van der Waals surface area contributed by atoms with Gasteiger partial charge in [-0.15, -0.1) is 32.9 Å². The van der Waals surface area contributed by atoms with E-state index in [1.807, 2.05) is 124 Å². The first-order chi connectivity index (χ1) is 67.4. The molecular formula is C108H99N15O16. The van der Waals surface area contributed by atoms with Gasteiger partial charge in [0.05, 0.1) is 89.5 Å². The number of fused-ring (bicyclic) bond motifs is 2. The molecular weight excluding hydrogens is 1760 g/mol. The lowest BCUT2D eigenvalue weighted by Gasteiger charge is -2.16. The third-order valence-electron chi connectivity index (χ3n) is 21.6. The summed E-state index contributed by atoms with van der Waals surface area (Å²) in [6, 6.07) is 52.7. The number of aliphatic carboxylic acids is 1. The average molecular weight is 1860 g/mol. The highest BCUT2D eigenvalue weighted by molar-refractivity contribution is 5.97. The van der Waals surface area contributed by atoms with Gasteiger partial charge in [0.2, 0.25) is 0 Å². The molecule has 0 aliphatic rings. The van der Waals surface area contributed by atoms with E-state index in [0.717, 1.165) is 148 Å². The van der Waals surface area contributed by atoms with Crippen molar-refractivity contribution >= 4 is 109 Å². The molecule has 0 saturated carbocycles. The number of ether oxygens (including phenoxy) is 1. The SMILES string of the molecule is C=CCc1c(C)nc(-c2ccco2)nc1Nc1ccc(C(=O)O)cc1OC.C=CCc1c(C)nc(-c2ccco2)nc1Nc1ccc2cc(C(=O)O)ccc2c1.C=CCc1c(CC)nc(-c2ccoc2)nc1Nc1ccc(C(=O)O)cc1.C=CCc1c(CC)nc(-c2ccoc2)nc1Nc1ccc(CC(=O)O)cc1.C=CCc1c(CC)nc(-c2ccoc2)nc1Nc1ccc2cc(C(=O)O)ccc2c1. The van der Waals surface area contributed by atoms with E-state index in [4.69, 9.17) is 57.2 Å². The molecule has 7 aromatic carbocycles. The minimum atomic E-state index is -1.02. The van der Waals surface area contributed by atoms with Gasteiger partial charge in [0.25, 0.3) is 0 Å². The summed E-state index contributed by atoms with van der Waals surface area (Å²) in [5.41, 5.74) is 17.2. The van der Waals surface area contributed by atoms with Crippen molar-refractivity contribution in [3.63, 3.8) is 0 Å². The van der Waals surface area contributed by atoms with Crippen molar-refractivity contribution in [2.75, 3.05) is 33.7 Å². The molecule has 0 unspecified atom stereocenters. The van der Waals surface area contributed by atoms with Gasteiger partial charge in [-0.05, 0) is 238 Å². The predicted molar refractivity (Wildman–Crippen MR) is 535 cm³/mol. The Balaban J connectivity index is 0.000000147. The maximum atomic E-state index is 11.2. The Hall–Kier alpha value is -18.3. The van der Waals surface area contributed by atoms with Gasteiger partial charge < -0.3 is 78.9 Å². The topological polar surface area (TPSA) is 450 Å². The first-order valence-corrected chi connectivity index (χ1v) is 44.0. The summed E-state index contributed by atoms with van der Waals surface area (Å²) in [5, 5.41) is 65.7. The van der Waals surface area contributed by atoms with Crippen LogP contribution in [0.15, 0.2) is 317 Å². The molecule has 0 saturated heterocycles. The summed E-state index contributed by atoms with van der Waals surface area (Å²) < 4.78 is 31.7. The third-order valence-corrected chi connectivity index (χ3v) is 21.6. The Labute approximate surface area is 799 Å². The van der Waals surface area contributed by atoms with Gasteiger partial charge >= 0.3 is 29.8 Å². The molecule has 17 aromatic rings. The molecule has 0 aliphatic carbocycles. The molecule has 0 radical (unpaired) electrons. The average Bonchev–Trinajstić information content (AvgIpc) is 1.68. The van der Waals surface area contributed by atoms with Crippen LogP contribution >= 0.6 is 0 Å². The highest BCUT2D eigenvalue weighted by Gasteiger charge is 2.23. The Bertz CT molecular complexity index is 7270. The maximum Gasteiger partial charge on any atom is 0.335 e. The number of nitrogens with one attached hydrogen (secondary N) is 5. The fourth-order valence-electron chi connectivity index (χ4n) is 14.7. The zero-order valence-corrected chi connectivity index (χ0v) is 76.9. The smallest absolute Gasteiger partial charge is 0.335 e. The van der Waals surface area contributed by atoms with Crippen LogP contribution in [0.4, 0.5) is 57.5 Å². The molecule has 0 aliphatic heterocycles. The normalized spacial score (nSPS) is 10.6. The van der Waals surface area contributed by atoms with Gasteiger partial charge in [0.15, 0.2) is 40.6 Å². The second kappa shape index (κ2) is 46.9. The number of aryl methyl sites for hydroxylation is 5. The van der Waals surface area contributed by atoms with Crippen LogP contribution in [0, 0.1) is 13.8 Å². The van der Waals surface area contributed by atoms with E-state index in [2.05, 4.69) is 113 Å². The monoisotopic (exact) mass is 1860 g/mol. The molecule has 17 rings (SSSR count). The van der Waals surface area contributed by atoms with Gasteiger partial charge in [0.1, 0.15) is 53.6 Å². The second-order valence-electron chi connectivity index (χ2n) is 31.1. The van der Waals surface area contributed by atoms with E-state index in [0.29, 0.717) is 107 Å². The predicted octanol–water partition coefficient (Wildman–Crippen LogP) is 24.1. The number of aromatic nitrogens is 10. The lowest BCUT2D eigenvalue weighted by atomic mass is 10.1. The van der Waals surface area contributed by atoms with E-state index in [1.54, 1.807) is 147 Å². The number of allylic oxidation sites excluding steroid dienone is 5. The summed E-state index contributed by atoms with van der Waals surface area (Å²) >= 11 is 0. The van der Waals surface area contributed by atoms with E-state index < -0.39 is 29.8 Å². The van der Waals surface area contributed by atoms with Crippen LogP contribution in [-0.4, -0.2) is 112 Å². The molecule has 0 fully saturated rings. The van der Waals surface area contributed by atoms with E-state index in [-0.39, 0.29) is 28.7 Å². The van der Waals surface area contributed by atoms with Crippen molar-refractivity contribution in [3.8, 4) is 63.1 Å². The van der Waals surface area contributed by atoms with Crippen molar-refractivity contribution in [3.05, 3.63) is 379 Å². The summed E-state index contributed by atoms with van der Waals surface area (Å²) in [6.07, 6.45) is 27.3. The van der Waals surface area contributed by atoms with Crippen LogP contribution in [0.1, 0.15) is 124 Å². The number of aromatic carboxylic acids is 4. The van der Waals surface area contributed by atoms with E-state index in [9.17, 15) is 29.1 Å². The quantitative estimate of drug-likeness (QED) is 0.0165. The molecule has 702 valence electrons. The second-order valence-corrected chi connectivity index (χ2v) is 31.1. The summed E-state index contributed by atoms with van der Waals surface area (Å²) in [7, 11) is 1.48. The van der Waals surface area contributed by atoms with Gasteiger partial charge in [0, 0.05) is 79.0 Å². The van der Waals surface area contributed by atoms with Crippen LogP contribution < -0.4 is 31.3 Å². The van der Waals surface area contributed by atoms with Crippen LogP contribution in [0.5, 0.6) is 5.75 Å². The fraction of sp³-hybridized carbons (Fsp3) is 0.139. The van der Waals surface area contributed by atoms with Gasteiger partial charge in [-0.1, -0.05) is 87.5 Å². The number of hydrogen-bond acceptors (Lipinski definition) is 26. The number of nitrogens with zero attached hydrogens (tertiary/aromatic N) is 10. The molecule has 10 N–H and O–H groups in total. The Morgan fingerprint density at radius 3 is 1.01 bits per heavy atom. The molecule has 0 atom stereocenters. The van der Waals surface area contributed by atoms with Gasteiger partial charge in [-0.25, -0.2) is 69.0 Å². The highest BCUT2D eigenvalue weighted by atomic mass is 16.5. The lowest BCUT2D eigenvalue weighted by Crippen LogP contribution is -2.07. The Morgan fingerprint density at radius 1 is 0.345 bits per heavy atom. The van der Waals surface area contributed by atoms with Crippen LogP contribution in [0.3, 0.4) is 0 Å². The number of furan rings is 5. The zero-order valence-electron chi connectivity index (χ0n) is 76.9. The molecule has 31 heteroatoms. The van der Waals surface area contributed by atoms with E-state index in [1.165, 1.54) is 19.2 Å². The highest BCUT2D eigenvalue weighted by Crippen LogP contribution is 2.37. The van der Waals surface area contributed by atoms with Crippen LogP contribution in [0.2, 0.25) is 0 Å². The van der Waals surface area contributed by atoms with Crippen molar-refractivity contribution < 1.29 is 76.3 Å². The maximum absolute atomic E-state index is 11.2. The molecule has 0 amide bonds. The number of carboxylic acid groups (broad SMARTS) is 5. The van der Waals surface area contributed by atoms with Crippen LogP contribution in [-0.2, 0) is 62.6 Å². The fourth-order valence-corrected chi connectivity index (χ4v) is 14.7. The first-order valence-electron chi connectivity index (χ1n) is 44.0. The molecule has 31 nitrogen and oxygen atoms in total. The van der Waals surface area contributed by atoms with Crippen molar-refractivity contribution in [1.82, 2.24) is 49.8 Å². The largest absolute Gasteiger partial charge is 0.495 e. The summed E-state index contributed by atoms with van der Waals surface area (Å²) in [5.74, 6) is 2.95. The minimum Gasteiger partial charge on any atom is -0.495 e. The van der Waals surface area contributed by atoms with Crippen LogP contribution in [0.25, 0.3) is 78.9 Å². The number of carbonyl (C=O) groups is 5. The number of hydrogen-bond donors (Lipinski definition) is 10. The van der Waals surface area contributed by atoms with Crippen molar-refractivity contribution in [1.29, 1.82) is 0 Å². The summed E-state index contributed by atoms with van der Waals surface area (Å²) in [6.45, 7) is 29.1. The van der Waals surface area contributed by atoms with Gasteiger partial charge in [-0.2, -0.15) is 0 Å². The van der Waals surface area contributed by atoms with E-state index >= 15 is 0 Å². The number of rotatable bonds is 35. The molecule has 10 aromatic heterocycles. The first kappa shape index (κ1) is 98.2. The Morgan fingerprint density at radius 2 is 0.669 bits per heavy atom. The zero-order chi connectivity index (χ0) is 98.6. The Kier molecular flexibility index (Phi) is 33.1. The minimum absolute atomic E-state index is 0.000121. The van der Waals surface area contributed by atoms with Crippen molar-refractivity contribution in [2.24, 2.45) is 0 Å². The van der Waals surface area contributed by atoms with Crippen molar-refractivity contribution in [2.45, 2.75) is 92.4 Å². The lowest BCUT2D eigenvalue weighted by molar-refractivity contribution is -0.136. The van der Waals surface area contributed by atoms with Gasteiger partial charge in [-0.3, -0.25) is 4.79 Å². The number of methoxy groups -OCH3 is 1. The molecule has 0 bridgehead atoms. The third kappa shape index (κ3) is 25.2. The number of carboxylic acids is 5. The summed E-state index contributed by atoms with van der Waals surface area (Å²) in [4.78, 5) is 102. The number of anilines is 10. The molecule has 0 spiro atoms. The standard InChI is InChI=1S/C24H21N3O3.C23H19N3O3.C21H21N3O3.C20H19N3O4.C20H19N3O3/c1-3-5-20-21(4-2)26-22(18-10-11-30-14-18)27-23(20)25-19-9-8-15-12-17(24(28)29)7-6-16(15)13-19;1-3-5-19-14(2)24-22(20-6-4-11-29-20)26-21(19)25-18-10-9-15-12-17(23(27)28)8-7-16(15)13-18;1-3-5-17-18(4-2)23-20(15-10-11-27-13-15)24-21(17)22-16-8-6-14(7-9-16)12-19(25)26;1-4-6-14-12(2)21-19(16-7-5-10-27-16)23-18(14)22-15-9-8-13(20(24)25)11-17(15)26-3;1-3-5-16-17(4-2)22-18(14-10-11-26-12-14)23-19(16)21-15-8-6-13(7-9-15)20(24)25/h3,6-14H,1,4-5H2,2H3,(H,28,29)(H,25,26,27);3-4,6-13H,1,5H2,2H3,(H,27,28)(H,24,25,26);3,6-11,13H,1,4-5,12H2,2H3,(H,25,26)(H,22,23,24);4-5,7-11H,1,6H2,2-3H3,(H,24,25)(H,21,22,23);3,6-12H,1,4-5H2,2H3,(H,24,25)(H,21,22,23). The molecule has 10 heterocycles. The number of benzene rings is 7.